The SMILES string of the molecule is CC1CCCC(O)(CNCc2c(O)cccc2Cl)C1. The molecule has 0 aliphatic heterocycles. The molecule has 0 bridgehead atoms. The number of aliphatic hydroxyl groups is 1. The minimum Gasteiger partial charge on any atom is -0.508 e. The summed E-state index contributed by atoms with van der Waals surface area (Å²) in [4.78, 5) is 0. The van der Waals surface area contributed by atoms with Crippen molar-refractivity contribution in [1.82, 2.24) is 5.32 Å². The molecule has 2 rings (SSSR count). The van der Waals surface area contributed by atoms with Crippen LogP contribution in [0.15, 0.2) is 18.2 Å². The minimum atomic E-state index is -0.617. The van der Waals surface area contributed by atoms with Gasteiger partial charge in [-0.1, -0.05) is 37.4 Å². The molecular formula is C15H22ClNO2. The van der Waals surface area contributed by atoms with E-state index >= 15 is 0 Å². The second-order valence-corrected chi connectivity index (χ2v) is 6.17. The monoisotopic (exact) mass is 283 g/mol. The molecule has 1 aromatic rings. The van der Waals surface area contributed by atoms with Gasteiger partial charge in [-0.2, -0.15) is 0 Å². The van der Waals surface area contributed by atoms with Crippen LogP contribution in [0.3, 0.4) is 0 Å². The van der Waals surface area contributed by atoms with Crippen molar-refractivity contribution in [1.29, 1.82) is 0 Å². The number of halogens is 1. The number of phenols is 1. The second kappa shape index (κ2) is 6.12. The van der Waals surface area contributed by atoms with Crippen LogP contribution in [-0.4, -0.2) is 22.4 Å². The van der Waals surface area contributed by atoms with Gasteiger partial charge in [0.1, 0.15) is 5.75 Å². The summed E-state index contributed by atoms with van der Waals surface area (Å²) < 4.78 is 0. The van der Waals surface area contributed by atoms with Gasteiger partial charge in [-0.05, 0) is 30.9 Å². The molecule has 0 aromatic heterocycles. The van der Waals surface area contributed by atoms with Crippen molar-refractivity contribution in [3.63, 3.8) is 0 Å². The number of hydrogen-bond acceptors (Lipinski definition) is 3. The zero-order chi connectivity index (χ0) is 13.9. The Labute approximate surface area is 119 Å². The predicted molar refractivity (Wildman–Crippen MR) is 77.4 cm³/mol. The Morgan fingerprint density at radius 2 is 2.26 bits per heavy atom. The minimum absolute atomic E-state index is 0.198. The van der Waals surface area contributed by atoms with Gasteiger partial charge < -0.3 is 15.5 Å². The zero-order valence-electron chi connectivity index (χ0n) is 11.3. The van der Waals surface area contributed by atoms with Crippen LogP contribution in [0.5, 0.6) is 5.75 Å². The first kappa shape index (κ1) is 14.6. The molecule has 2 unspecified atom stereocenters. The van der Waals surface area contributed by atoms with Crippen LogP contribution in [0.2, 0.25) is 5.02 Å². The number of aromatic hydroxyl groups is 1. The third-order valence-electron chi connectivity index (χ3n) is 3.92. The zero-order valence-corrected chi connectivity index (χ0v) is 12.1. The molecule has 106 valence electrons. The number of benzene rings is 1. The molecule has 1 aliphatic carbocycles. The summed E-state index contributed by atoms with van der Waals surface area (Å²) >= 11 is 6.05. The maximum atomic E-state index is 10.5. The van der Waals surface area contributed by atoms with Gasteiger partial charge in [0.2, 0.25) is 0 Å². The number of hydrogen-bond donors (Lipinski definition) is 3. The Morgan fingerprint density at radius 1 is 1.47 bits per heavy atom. The van der Waals surface area contributed by atoms with Crippen molar-refractivity contribution in [3.8, 4) is 5.75 Å². The van der Waals surface area contributed by atoms with E-state index in [1.165, 1.54) is 6.42 Å². The molecule has 4 heteroatoms. The van der Waals surface area contributed by atoms with Gasteiger partial charge in [0.25, 0.3) is 0 Å². The molecule has 0 saturated heterocycles. The Kier molecular flexibility index (Phi) is 4.71. The summed E-state index contributed by atoms with van der Waals surface area (Å²) in [7, 11) is 0. The quantitative estimate of drug-likeness (QED) is 0.796. The molecule has 1 saturated carbocycles. The fourth-order valence-corrected chi connectivity index (χ4v) is 3.17. The van der Waals surface area contributed by atoms with E-state index in [0.717, 1.165) is 19.3 Å². The normalized spacial score (nSPS) is 27.4. The van der Waals surface area contributed by atoms with Crippen molar-refractivity contribution >= 4 is 11.6 Å². The Balaban J connectivity index is 1.89. The van der Waals surface area contributed by atoms with Gasteiger partial charge >= 0.3 is 0 Å². The van der Waals surface area contributed by atoms with E-state index in [4.69, 9.17) is 11.6 Å². The van der Waals surface area contributed by atoms with Crippen molar-refractivity contribution in [3.05, 3.63) is 28.8 Å². The summed E-state index contributed by atoms with van der Waals surface area (Å²) in [5, 5.41) is 24.0. The van der Waals surface area contributed by atoms with Gasteiger partial charge in [-0.15, -0.1) is 0 Å². The Morgan fingerprint density at radius 3 is 2.95 bits per heavy atom. The van der Waals surface area contributed by atoms with E-state index in [0.29, 0.717) is 29.6 Å². The highest BCUT2D eigenvalue weighted by molar-refractivity contribution is 6.31. The predicted octanol–water partition coefficient (Wildman–Crippen LogP) is 3.08. The number of rotatable bonds is 4. The van der Waals surface area contributed by atoms with Gasteiger partial charge in [-0.3, -0.25) is 0 Å². The summed E-state index contributed by atoms with van der Waals surface area (Å²) in [5.41, 5.74) is 0.0748. The molecule has 19 heavy (non-hydrogen) atoms. The van der Waals surface area contributed by atoms with Gasteiger partial charge in [-0.25, -0.2) is 0 Å². The van der Waals surface area contributed by atoms with E-state index in [2.05, 4.69) is 12.2 Å². The lowest BCUT2D eigenvalue weighted by Gasteiger charge is -2.35. The fourth-order valence-electron chi connectivity index (χ4n) is 2.94. The molecule has 0 radical (unpaired) electrons. The standard InChI is InChI=1S/C15H22ClNO2/c1-11-4-3-7-15(19,8-11)10-17-9-12-13(16)5-2-6-14(12)18/h2,5-6,11,17-19H,3-4,7-10H2,1H3. The van der Waals surface area contributed by atoms with E-state index < -0.39 is 5.60 Å². The van der Waals surface area contributed by atoms with Crippen LogP contribution >= 0.6 is 11.6 Å². The number of phenolic OH excluding ortho intramolecular Hbond substituents is 1. The first-order chi connectivity index (χ1) is 9.00. The number of nitrogens with one attached hydrogen (secondary N) is 1. The Hall–Kier alpha value is -0.770. The molecule has 1 aliphatic rings. The van der Waals surface area contributed by atoms with Crippen LogP contribution in [0.1, 0.15) is 38.2 Å². The van der Waals surface area contributed by atoms with Crippen LogP contribution < -0.4 is 5.32 Å². The molecular weight excluding hydrogens is 262 g/mol. The molecule has 0 amide bonds. The van der Waals surface area contributed by atoms with Crippen LogP contribution in [0.4, 0.5) is 0 Å². The van der Waals surface area contributed by atoms with Gasteiger partial charge in [0.15, 0.2) is 0 Å². The largest absolute Gasteiger partial charge is 0.508 e. The van der Waals surface area contributed by atoms with E-state index in [1.807, 2.05) is 0 Å². The van der Waals surface area contributed by atoms with Crippen LogP contribution in [0, 0.1) is 5.92 Å². The lowest BCUT2D eigenvalue weighted by Crippen LogP contribution is -2.43. The molecule has 2 atom stereocenters. The summed E-state index contributed by atoms with van der Waals surface area (Å²) in [5.74, 6) is 0.776. The van der Waals surface area contributed by atoms with Crippen molar-refractivity contribution < 1.29 is 10.2 Å². The first-order valence-electron chi connectivity index (χ1n) is 6.90. The maximum Gasteiger partial charge on any atom is 0.121 e. The lowest BCUT2D eigenvalue weighted by atomic mass is 9.79. The average Bonchev–Trinajstić information content (AvgIpc) is 2.32. The van der Waals surface area contributed by atoms with Crippen molar-refractivity contribution in [2.45, 2.75) is 44.8 Å². The lowest BCUT2D eigenvalue weighted by molar-refractivity contribution is -0.0119. The summed E-state index contributed by atoms with van der Waals surface area (Å²) in [6.45, 7) is 3.20. The third kappa shape index (κ3) is 3.85. The van der Waals surface area contributed by atoms with E-state index in [-0.39, 0.29) is 5.75 Å². The van der Waals surface area contributed by atoms with Crippen molar-refractivity contribution in [2.75, 3.05) is 6.54 Å². The average molecular weight is 284 g/mol. The molecule has 0 spiro atoms. The fraction of sp³-hybridized carbons (Fsp3) is 0.600. The smallest absolute Gasteiger partial charge is 0.121 e. The third-order valence-corrected chi connectivity index (χ3v) is 4.27. The van der Waals surface area contributed by atoms with Crippen LogP contribution in [-0.2, 0) is 6.54 Å². The highest BCUT2D eigenvalue weighted by Gasteiger charge is 2.32. The van der Waals surface area contributed by atoms with Crippen LogP contribution in [0.25, 0.3) is 0 Å². The van der Waals surface area contributed by atoms with E-state index in [1.54, 1.807) is 18.2 Å². The molecule has 1 aromatic carbocycles. The highest BCUT2D eigenvalue weighted by atomic mass is 35.5. The summed E-state index contributed by atoms with van der Waals surface area (Å²) in [6.07, 6.45) is 3.97. The molecule has 3 nitrogen and oxygen atoms in total. The van der Waals surface area contributed by atoms with Gasteiger partial charge in [0, 0.05) is 23.7 Å². The summed E-state index contributed by atoms with van der Waals surface area (Å²) in [6, 6.07) is 5.10. The van der Waals surface area contributed by atoms with Crippen molar-refractivity contribution in [2.24, 2.45) is 5.92 Å². The Bertz CT molecular complexity index is 418. The maximum absolute atomic E-state index is 10.5. The molecule has 0 heterocycles. The van der Waals surface area contributed by atoms with Gasteiger partial charge in [0.05, 0.1) is 5.60 Å². The first-order valence-corrected chi connectivity index (χ1v) is 7.27. The topological polar surface area (TPSA) is 52.5 Å². The molecule has 1 fully saturated rings. The highest BCUT2D eigenvalue weighted by Crippen LogP contribution is 2.32. The second-order valence-electron chi connectivity index (χ2n) is 5.77. The molecule has 3 N–H and O–H groups in total. The van der Waals surface area contributed by atoms with E-state index in [9.17, 15) is 10.2 Å².